The monoisotopic (exact) mass is 261 g/mol. The molecule has 0 radical (unpaired) electrons. The molecule has 17 heavy (non-hydrogen) atoms. The number of nitrogen functional groups attached to an aromatic ring is 1. The third kappa shape index (κ3) is 4.58. The van der Waals surface area contributed by atoms with Crippen molar-refractivity contribution in [3.8, 4) is 0 Å². The molecule has 7 heteroatoms. The summed E-state index contributed by atoms with van der Waals surface area (Å²) in [4.78, 5) is 0. The Labute approximate surface area is 100 Å². The van der Waals surface area contributed by atoms with Crippen LogP contribution in [0, 0.1) is 11.7 Å². The fourth-order valence-corrected chi connectivity index (χ4v) is 2.14. The molecule has 0 aliphatic heterocycles. The third-order valence-electron chi connectivity index (χ3n) is 1.93. The Kier molecular flexibility index (Phi) is 4.30. The van der Waals surface area contributed by atoms with E-state index in [4.69, 9.17) is 5.73 Å². The lowest BCUT2D eigenvalue weighted by Gasteiger charge is -2.11. The predicted octanol–water partition coefficient (Wildman–Crippen LogP) is 1.31. The average Bonchev–Trinajstić information content (AvgIpc) is 2.21. The first kappa shape index (κ1) is 13.7. The van der Waals surface area contributed by atoms with Crippen LogP contribution in [-0.4, -0.2) is 15.0 Å². The highest BCUT2D eigenvalue weighted by Crippen LogP contribution is 2.16. The molecule has 0 unspecified atom stereocenters. The van der Waals surface area contributed by atoms with E-state index in [0.29, 0.717) is 6.54 Å². The quantitative estimate of drug-likeness (QED) is 0.699. The van der Waals surface area contributed by atoms with Crippen LogP contribution in [0.4, 0.5) is 15.8 Å². The molecule has 0 bridgehead atoms. The number of hydrogen-bond acceptors (Lipinski definition) is 3. The first-order valence-electron chi connectivity index (χ1n) is 5.12. The van der Waals surface area contributed by atoms with E-state index < -0.39 is 16.0 Å². The Bertz CT molecular complexity index is 488. The normalized spacial score (nSPS) is 11.8. The van der Waals surface area contributed by atoms with Crippen LogP contribution >= 0.6 is 0 Å². The molecule has 0 spiro atoms. The summed E-state index contributed by atoms with van der Waals surface area (Å²) >= 11 is 0. The lowest BCUT2D eigenvalue weighted by atomic mass is 10.2. The van der Waals surface area contributed by atoms with E-state index in [9.17, 15) is 12.8 Å². The molecule has 1 aromatic carbocycles. The van der Waals surface area contributed by atoms with Gasteiger partial charge in [0.2, 0.25) is 0 Å². The summed E-state index contributed by atoms with van der Waals surface area (Å²) in [5, 5.41) is 0. The van der Waals surface area contributed by atoms with Crippen molar-refractivity contribution in [1.29, 1.82) is 0 Å². The van der Waals surface area contributed by atoms with Gasteiger partial charge in [-0.3, -0.25) is 4.72 Å². The van der Waals surface area contributed by atoms with Gasteiger partial charge < -0.3 is 5.73 Å². The molecule has 4 N–H and O–H groups in total. The van der Waals surface area contributed by atoms with Crippen LogP contribution in [0.5, 0.6) is 0 Å². The smallest absolute Gasteiger partial charge is 0.299 e. The van der Waals surface area contributed by atoms with Crippen molar-refractivity contribution in [1.82, 2.24) is 4.72 Å². The second kappa shape index (κ2) is 5.33. The van der Waals surface area contributed by atoms with Crippen molar-refractivity contribution in [3.05, 3.63) is 24.0 Å². The fraction of sp³-hybridized carbons (Fsp3) is 0.400. The van der Waals surface area contributed by atoms with E-state index in [-0.39, 0.29) is 17.3 Å². The number of nitrogens with two attached hydrogens (primary N) is 1. The zero-order valence-corrected chi connectivity index (χ0v) is 10.5. The van der Waals surface area contributed by atoms with Gasteiger partial charge in [-0.15, -0.1) is 0 Å². The molecule has 0 heterocycles. The zero-order valence-electron chi connectivity index (χ0n) is 9.70. The van der Waals surface area contributed by atoms with E-state index in [1.54, 1.807) is 0 Å². The molecule has 0 aliphatic rings. The second-order valence-electron chi connectivity index (χ2n) is 4.08. The zero-order chi connectivity index (χ0) is 13.1. The summed E-state index contributed by atoms with van der Waals surface area (Å²) in [6, 6.07) is 3.64. The van der Waals surface area contributed by atoms with E-state index in [1.807, 2.05) is 13.8 Å². The largest absolute Gasteiger partial charge is 0.396 e. The van der Waals surface area contributed by atoms with Gasteiger partial charge in [-0.25, -0.2) is 4.39 Å². The van der Waals surface area contributed by atoms with Gasteiger partial charge in [0.25, 0.3) is 10.2 Å². The van der Waals surface area contributed by atoms with Crippen LogP contribution in [0.3, 0.4) is 0 Å². The molecule has 96 valence electrons. The van der Waals surface area contributed by atoms with Crippen LogP contribution in [0.1, 0.15) is 13.8 Å². The Hall–Kier alpha value is -1.34. The highest BCUT2D eigenvalue weighted by molar-refractivity contribution is 7.90. The minimum atomic E-state index is -3.64. The van der Waals surface area contributed by atoms with Crippen LogP contribution < -0.4 is 15.2 Å². The maximum Gasteiger partial charge on any atom is 0.299 e. The molecule has 0 atom stereocenters. The molecule has 0 fully saturated rings. The first-order chi connectivity index (χ1) is 7.80. The molecular weight excluding hydrogens is 245 g/mol. The second-order valence-corrected chi connectivity index (χ2v) is 5.58. The molecule has 0 aromatic heterocycles. The standard InChI is InChI=1S/C10H16FN3O2S/c1-7(2)6-13-17(15,16)14-8-3-4-9(11)10(12)5-8/h3-5,7,13-14H,6,12H2,1-2H3. The number of nitrogens with one attached hydrogen (secondary N) is 2. The molecule has 0 aliphatic carbocycles. The number of hydrogen-bond donors (Lipinski definition) is 3. The Morgan fingerprint density at radius 2 is 2.06 bits per heavy atom. The Morgan fingerprint density at radius 1 is 1.41 bits per heavy atom. The maximum atomic E-state index is 12.9. The molecule has 0 saturated carbocycles. The van der Waals surface area contributed by atoms with Gasteiger partial charge in [-0.1, -0.05) is 13.8 Å². The van der Waals surface area contributed by atoms with Crippen molar-refractivity contribution in [3.63, 3.8) is 0 Å². The van der Waals surface area contributed by atoms with Crippen molar-refractivity contribution < 1.29 is 12.8 Å². The molecular formula is C10H16FN3O2S. The number of anilines is 2. The molecule has 0 amide bonds. The summed E-state index contributed by atoms with van der Waals surface area (Å²) < 4.78 is 40.6. The minimum absolute atomic E-state index is 0.103. The fourth-order valence-electron chi connectivity index (χ4n) is 1.07. The van der Waals surface area contributed by atoms with Crippen LogP contribution in [-0.2, 0) is 10.2 Å². The molecule has 5 nitrogen and oxygen atoms in total. The van der Waals surface area contributed by atoms with Gasteiger partial charge in [-0.05, 0) is 24.1 Å². The van der Waals surface area contributed by atoms with E-state index in [0.717, 1.165) is 6.07 Å². The minimum Gasteiger partial charge on any atom is -0.396 e. The van der Waals surface area contributed by atoms with Gasteiger partial charge in [0, 0.05) is 6.54 Å². The molecule has 0 saturated heterocycles. The molecule has 1 rings (SSSR count). The highest BCUT2D eigenvalue weighted by atomic mass is 32.2. The SMILES string of the molecule is CC(C)CNS(=O)(=O)Nc1ccc(F)c(N)c1. The highest BCUT2D eigenvalue weighted by Gasteiger charge is 2.10. The average molecular weight is 261 g/mol. The van der Waals surface area contributed by atoms with Crippen LogP contribution in [0.25, 0.3) is 0 Å². The van der Waals surface area contributed by atoms with Crippen LogP contribution in [0.2, 0.25) is 0 Å². The van der Waals surface area contributed by atoms with Gasteiger partial charge in [-0.2, -0.15) is 13.1 Å². The van der Waals surface area contributed by atoms with Gasteiger partial charge >= 0.3 is 0 Å². The third-order valence-corrected chi connectivity index (χ3v) is 2.98. The maximum absolute atomic E-state index is 12.9. The van der Waals surface area contributed by atoms with E-state index in [1.165, 1.54) is 12.1 Å². The number of halogens is 1. The Balaban J connectivity index is 2.73. The predicted molar refractivity (Wildman–Crippen MR) is 66.2 cm³/mol. The summed E-state index contributed by atoms with van der Waals surface area (Å²) in [7, 11) is -3.64. The summed E-state index contributed by atoms with van der Waals surface area (Å²) in [5.74, 6) is -0.382. The summed E-state index contributed by atoms with van der Waals surface area (Å²) in [6.45, 7) is 4.10. The van der Waals surface area contributed by atoms with Crippen LogP contribution in [0.15, 0.2) is 18.2 Å². The van der Waals surface area contributed by atoms with E-state index >= 15 is 0 Å². The lowest BCUT2D eigenvalue weighted by Crippen LogP contribution is -2.32. The number of rotatable bonds is 5. The summed E-state index contributed by atoms with van der Waals surface area (Å²) in [6.07, 6.45) is 0. The number of benzene rings is 1. The summed E-state index contributed by atoms with van der Waals surface area (Å²) in [5.41, 5.74) is 5.45. The molecule has 1 aromatic rings. The van der Waals surface area contributed by atoms with Crippen molar-refractivity contribution in [2.24, 2.45) is 5.92 Å². The Morgan fingerprint density at radius 3 is 2.59 bits per heavy atom. The first-order valence-corrected chi connectivity index (χ1v) is 6.61. The van der Waals surface area contributed by atoms with Crippen molar-refractivity contribution in [2.45, 2.75) is 13.8 Å². The van der Waals surface area contributed by atoms with Gasteiger partial charge in [0.15, 0.2) is 0 Å². The topological polar surface area (TPSA) is 84.2 Å². The van der Waals surface area contributed by atoms with Crippen molar-refractivity contribution in [2.75, 3.05) is 17.0 Å². The van der Waals surface area contributed by atoms with Gasteiger partial charge in [0.1, 0.15) is 5.82 Å². The lowest BCUT2D eigenvalue weighted by molar-refractivity contribution is 0.565. The van der Waals surface area contributed by atoms with Gasteiger partial charge in [0.05, 0.1) is 11.4 Å². The van der Waals surface area contributed by atoms with Crippen molar-refractivity contribution >= 4 is 21.6 Å². The van der Waals surface area contributed by atoms with E-state index in [2.05, 4.69) is 9.44 Å².